The van der Waals surface area contributed by atoms with Crippen LogP contribution in [0.3, 0.4) is 0 Å². The van der Waals surface area contributed by atoms with Crippen molar-refractivity contribution in [3.8, 4) is 5.75 Å². The first kappa shape index (κ1) is 12.6. The van der Waals surface area contributed by atoms with Crippen molar-refractivity contribution in [2.45, 2.75) is 5.92 Å². The number of halogens is 1. The molecular weight excluding hydrogens is 233 g/mol. The summed E-state index contributed by atoms with van der Waals surface area (Å²) in [6.07, 6.45) is 3.54. The zero-order chi connectivity index (χ0) is 13.1. The van der Waals surface area contributed by atoms with E-state index in [1.54, 1.807) is 19.4 Å². The molecule has 18 heavy (non-hydrogen) atoms. The van der Waals surface area contributed by atoms with Crippen molar-refractivity contribution in [1.82, 2.24) is 9.55 Å². The lowest BCUT2D eigenvalue weighted by Crippen LogP contribution is -2.18. The summed E-state index contributed by atoms with van der Waals surface area (Å²) >= 11 is 0. The highest BCUT2D eigenvalue weighted by molar-refractivity contribution is 5.40. The van der Waals surface area contributed by atoms with Gasteiger partial charge in [0.2, 0.25) is 0 Å². The maximum absolute atomic E-state index is 13.4. The molecule has 2 rings (SSSR count). The Kier molecular flexibility index (Phi) is 3.62. The summed E-state index contributed by atoms with van der Waals surface area (Å²) in [5.41, 5.74) is 6.52. The Morgan fingerprint density at radius 3 is 2.83 bits per heavy atom. The third-order valence-electron chi connectivity index (χ3n) is 2.97. The lowest BCUT2D eigenvalue weighted by atomic mass is 9.97. The number of aromatic nitrogens is 2. The molecule has 4 nitrogen and oxygen atoms in total. The summed E-state index contributed by atoms with van der Waals surface area (Å²) in [5.74, 6) is 0.922. The van der Waals surface area contributed by atoms with Crippen molar-refractivity contribution in [2.24, 2.45) is 12.8 Å². The molecule has 0 spiro atoms. The number of benzene rings is 1. The van der Waals surface area contributed by atoms with E-state index in [0.717, 1.165) is 5.82 Å². The van der Waals surface area contributed by atoms with E-state index >= 15 is 0 Å². The van der Waals surface area contributed by atoms with E-state index in [-0.39, 0.29) is 11.7 Å². The van der Waals surface area contributed by atoms with Crippen molar-refractivity contribution >= 4 is 0 Å². The zero-order valence-corrected chi connectivity index (χ0v) is 10.4. The quantitative estimate of drug-likeness (QED) is 0.896. The van der Waals surface area contributed by atoms with Crippen LogP contribution in [0.5, 0.6) is 5.75 Å². The molecule has 5 heteroatoms. The zero-order valence-electron chi connectivity index (χ0n) is 10.4. The molecule has 0 fully saturated rings. The average Bonchev–Trinajstić information content (AvgIpc) is 2.77. The molecule has 1 heterocycles. The highest BCUT2D eigenvalue weighted by Crippen LogP contribution is 2.30. The van der Waals surface area contributed by atoms with E-state index in [4.69, 9.17) is 10.5 Å². The Balaban J connectivity index is 2.51. The van der Waals surface area contributed by atoms with Crippen LogP contribution in [0.15, 0.2) is 30.6 Å². The van der Waals surface area contributed by atoms with Gasteiger partial charge in [-0.05, 0) is 18.2 Å². The van der Waals surface area contributed by atoms with Crippen molar-refractivity contribution in [1.29, 1.82) is 0 Å². The lowest BCUT2D eigenvalue weighted by molar-refractivity contribution is 0.405. The van der Waals surface area contributed by atoms with E-state index in [0.29, 0.717) is 17.9 Å². The van der Waals surface area contributed by atoms with Gasteiger partial charge in [0.05, 0.1) is 13.0 Å². The number of methoxy groups -OCH3 is 1. The first-order valence-corrected chi connectivity index (χ1v) is 5.68. The van der Waals surface area contributed by atoms with Crippen LogP contribution in [-0.2, 0) is 7.05 Å². The second-order valence-electron chi connectivity index (χ2n) is 4.07. The molecule has 2 N–H and O–H groups in total. The van der Waals surface area contributed by atoms with E-state index in [2.05, 4.69) is 4.98 Å². The van der Waals surface area contributed by atoms with Gasteiger partial charge in [0, 0.05) is 31.5 Å². The fourth-order valence-corrected chi connectivity index (χ4v) is 2.06. The molecule has 1 atom stereocenters. The molecule has 1 aromatic heterocycles. The summed E-state index contributed by atoms with van der Waals surface area (Å²) < 4.78 is 20.5. The minimum Gasteiger partial charge on any atom is -0.496 e. The Bertz CT molecular complexity index is 539. The molecule has 0 aliphatic carbocycles. The van der Waals surface area contributed by atoms with E-state index < -0.39 is 0 Å². The highest BCUT2D eigenvalue weighted by Gasteiger charge is 2.21. The van der Waals surface area contributed by atoms with Gasteiger partial charge in [0.15, 0.2) is 0 Å². The third kappa shape index (κ3) is 2.22. The number of hydrogen-bond acceptors (Lipinski definition) is 3. The SMILES string of the molecule is COc1ccc(F)cc1C(CN)c1nccn1C. The summed E-state index contributed by atoms with van der Waals surface area (Å²) in [4.78, 5) is 4.27. The first-order valence-electron chi connectivity index (χ1n) is 5.68. The van der Waals surface area contributed by atoms with E-state index in [9.17, 15) is 4.39 Å². The van der Waals surface area contributed by atoms with Crippen molar-refractivity contribution in [3.05, 3.63) is 47.8 Å². The number of hydrogen-bond donors (Lipinski definition) is 1. The van der Waals surface area contributed by atoms with Crippen LogP contribution in [-0.4, -0.2) is 23.2 Å². The summed E-state index contributed by atoms with van der Waals surface area (Å²) in [5, 5.41) is 0. The summed E-state index contributed by atoms with van der Waals surface area (Å²) in [6, 6.07) is 4.43. The van der Waals surface area contributed by atoms with Gasteiger partial charge in [-0.3, -0.25) is 0 Å². The average molecular weight is 249 g/mol. The minimum absolute atomic E-state index is 0.185. The Morgan fingerprint density at radius 1 is 1.50 bits per heavy atom. The van der Waals surface area contributed by atoms with Crippen LogP contribution in [0.2, 0.25) is 0 Å². The largest absolute Gasteiger partial charge is 0.496 e. The van der Waals surface area contributed by atoms with Gasteiger partial charge in [-0.1, -0.05) is 0 Å². The number of aryl methyl sites for hydroxylation is 1. The molecule has 0 saturated carbocycles. The van der Waals surface area contributed by atoms with Gasteiger partial charge < -0.3 is 15.0 Å². The summed E-state index contributed by atoms with van der Waals surface area (Å²) in [7, 11) is 3.44. The van der Waals surface area contributed by atoms with Crippen molar-refractivity contribution in [3.63, 3.8) is 0 Å². The van der Waals surface area contributed by atoms with E-state index in [1.165, 1.54) is 12.1 Å². The normalized spacial score (nSPS) is 12.4. The van der Waals surface area contributed by atoms with Crippen LogP contribution in [0.4, 0.5) is 4.39 Å². The number of nitrogens with two attached hydrogens (primary N) is 1. The van der Waals surface area contributed by atoms with Gasteiger partial charge in [-0.2, -0.15) is 0 Å². The van der Waals surface area contributed by atoms with Crippen LogP contribution in [0.1, 0.15) is 17.3 Å². The van der Waals surface area contributed by atoms with Crippen LogP contribution in [0, 0.1) is 5.82 Å². The fraction of sp³-hybridized carbons (Fsp3) is 0.308. The van der Waals surface area contributed by atoms with Crippen LogP contribution >= 0.6 is 0 Å². The number of rotatable bonds is 4. The fourth-order valence-electron chi connectivity index (χ4n) is 2.06. The predicted molar refractivity (Wildman–Crippen MR) is 67.1 cm³/mol. The molecule has 96 valence electrons. The highest BCUT2D eigenvalue weighted by atomic mass is 19.1. The Hall–Kier alpha value is -1.88. The second kappa shape index (κ2) is 5.18. The monoisotopic (exact) mass is 249 g/mol. The minimum atomic E-state index is -0.307. The molecule has 0 amide bonds. The Labute approximate surface area is 105 Å². The molecule has 0 saturated heterocycles. The molecule has 0 aliphatic heterocycles. The standard InChI is InChI=1S/C13H16FN3O/c1-17-6-5-16-13(17)11(8-15)10-7-9(14)3-4-12(10)18-2/h3-7,11H,8,15H2,1-2H3. The molecular formula is C13H16FN3O. The van der Waals surface area contributed by atoms with Gasteiger partial charge >= 0.3 is 0 Å². The molecule has 0 aliphatic rings. The third-order valence-corrected chi connectivity index (χ3v) is 2.97. The maximum atomic E-state index is 13.4. The number of nitrogens with zero attached hydrogens (tertiary/aromatic N) is 2. The van der Waals surface area contributed by atoms with Gasteiger partial charge in [-0.15, -0.1) is 0 Å². The molecule has 1 aromatic carbocycles. The van der Waals surface area contributed by atoms with Crippen molar-refractivity contribution in [2.75, 3.05) is 13.7 Å². The Morgan fingerprint density at radius 2 is 2.28 bits per heavy atom. The molecule has 2 aromatic rings. The number of ether oxygens (including phenoxy) is 1. The topological polar surface area (TPSA) is 53.1 Å². The van der Waals surface area contributed by atoms with Crippen LogP contribution < -0.4 is 10.5 Å². The van der Waals surface area contributed by atoms with Gasteiger partial charge in [0.25, 0.3) is 0 Å². The van der Waals surface area contributed by atoms with Crippen LogP contribution in [0.25, 0.3) is 0 Å². The first-order chi connectivity index (χ1) is 8.67. The predicted octanol–water partition coefficient (Wildman–Crippen LogP) is 1.66. The number of imidazole rings is 1. The smallest absolute Gasteiger partial charge is 0.123 e. The van der Waals surface area contributed by atoms with Gasteiger partial charge in [0.1, 0.15) is 17.4 Å². The second-order valence-corrected chi connectivity index (χ2v) is 4.07. The van der Waals surface area contributed by atoms with Gasteiger partial charge in [-0.25, -0.2) is 9.37 Å². The van der Waals surface area contributed by atoms with E-state index in [1.807, 2.05) is 17.8 Å². The molecule has 0 radical (unpaired) electrons. The summed E-state index contributed by atoms with van der Waals surface area (Å²) in [6.45, 7) is 0.338. The van der Waals surface area contributed by atoms with Crippen molar-refractivity contribution < 1.29 is 9.13 Å². The lowest BCUT2D eigenvalue weighted by Gasteiger charge is -2.18. The maximum Gasteiger partial charge on any atom is 0.123 e. The molecule has 0 bridgehead atoms. The molecule has 1 unspecified atom stereocenters.